The van der Waals surface area contributed by atoms with Crippen molar-refractivity contribution in [2.45, 2.75) is 13.5 Å². The van der Waals surface area contributed by atoms with Gasteiger partial charge in [0.2, 0.25) is 5.75 Å². The van der Waals surface area contributed by atoms with E-state index < -0.39 is 0 Å². The minimum Gasteiger partial charge on any atom is -0.493 e. The summed E-state index contributed by atoms with van der Waals surface area (Å²) in [5.41, 5.74) is 2.71. The fourth-order valence-corrected chi connectivity index (χ4v) is 3.69. The molecule has 0 atom stereocenters. The molecule has 7 heteroatoms. The fraction of sp³-hybridized carbons (Fsp3) is 0.238. The highest BCUT2D eigenvalue weighted by Gasteiger charge is 2.35. The quantitative estimate of drug-likeness (QED) is 0.677. The first-order valence-electron chi connectivity index (χ1n) is 8.57. The predicted octanol–water partition coefficient (Wildman–Crippen LogP) is 4.26. The number of thioether (sulfide) groups is 1. The van der Waals surface area contributed by atoms with E-state index in [1.165, 1.54) is 26.2 Å². The molecule has 0 radical (unpaired) electrons. The van der Waals surface area contributed by atoms with E-state index in [2.05, 4.69) is 0 Å². The van der Waals surface area contributed by atoms with E-state index in [1.807, 2.05) is 31.2 Å². The summed E-state index contributed by atoms with van der Waals surface area (Å²) in [6, 6.07) is 11.2. The van der Waals surface area contributed by atoms with E-state index in [9.17, 15) is 9.59 Å². The maximum Gasteiger partial charge on any atom is 0.293 e. The van der Waals surface area contributed by atoms with Crippen LogP contribution in [0.15, 0.2) is 41.3 Å². The number of methoxy groups -OCH3 is 3. The second-order valence-corrected chi connectivity index (χ2v) is 7.21. The van der Waals surface area contributed by atoms with Crippen LogP contribution >= 0.6 is 11.8 Å². The molecule has 146 valence electrons. The number of nitrogens with zero attached hydrogens (tertiary/aromatic N) is 1. The Morgan fingerprint density at radius 1 is 0.964 bits per heavy atom. The smallest absolute Gasteiger partial charge is 0.293 e. The largest absolute Gasteiger partial charge is 0.493 e. The first-order chi connectivity index (χ1) is 13.5. The number of carbonyl (C=O) groups excluding carboxylic acids is 2. The minimum atomic E-state index is -0.315. The first kappa shape index (κ1) is 19.8. The maximum atomic E-state index is 12.8. The van der Waals surface area contributed by atoms with Gasteiger partial charge in [0.15, 0.2) is 11.5 Å². The molecule has 0 aliphatic carbocycles. The van der Waals surface area contributed by atoms with Gasteiger partial charge >= 0.3 is 0 Å². The molecule has 6 nitrogen and oxygen atoms in total. The number of hydrogen-bond donors (Lipinski definition) is 0. The zero-order valence-corrected chi connectivity index (χ0v) is 17.0. The van der Waals surface area contributed by atoms with Crippen molar-refractivity contribution in [3.63, 3.8) is 0 Å². The lowest BCUT2D eigenvalue weighted by molar-refractivity contribution is -0.123. The van der Waals surface area contributed by atoms with Crippen LogP contribution in [-0.4, -0.2) is 37.4 Å². The monoisotopic (exact) mass is 399 g/mol. The SMILES string of the molecule is COc1cc(C=C2SC(=O)N(Cc3ccc(C)cc3)C2=O)cc(OC)c1OC. The molecule has 0 saturated carbocycles. The van der Waals surface area contributed by atoms with Gasteiger partial charge in [0.05, 0.1) is 32.8 Å². The molecule has 0 spiro atoms. The second-order valence-electron chi connectivity index (χ2n) is 6.21. The highest BCUT2D eigenvalue weighted by Crippen LogP contribution is 2.40. The molecular weight excluding hydrogens is 378 g/mol. The second kappa shape index (κ2) is 8.39. The van der Waals surface area contributed by atoms with Crippen LogP contribution in [0, 0.1) is 6.92 Å². The molecule has 1 aliphatic heterocycles. The Morgan fingerprint density at radius 2 is 1.57 bits per heavy atom. The molecular formula is C21H21NO5S. The average Bonchev–Trinajstić information content (AvgIpc) is 2.96. The normalized spacial score (nSPS) is 15.3. The molecule has 2 aromatic carbocycles. The van der Waals surface area contributed by atoms with E-state index in [4.69, 9.17) is 14.2 Å². The van der Waals surface area contributed by atoms with E-state index in [0.717, 1.165) is 22.9 Å². The predicted molar refractivity (Wildman–Crippen MR) is 109 cm³/mol. The lowest BCUT2D eigenvalue weighted by Gasteiger charge is -2.13. The lowest BCUT2D eigenvalue weighted by atomic mass is 10.1. The zero-order valence-electron chi connectivity index (χ0n) is 16.1. The van der Waals surface area contributed by atoms with Gasteiger partial charge in [-0.15, -0.1) is 0 Å². The Labute approximate surface area is 168 Å². The third-order valence-corrected chi connectivity index (χ3v) is 5.23. The topological polar surface area (TPSA) is 65.1 Å². The van der Waals surface area contributed by atoms with E-state index in [-0.39, 0.29) is 17.7 Å². The number of imide groups is 1. The van der Waals surface area contributed by atoms with Crippen molar-refractivity contribution in [3.8, 4) is 17.2 Å². The van der Waals surface area contributed by atoms with E-state index in [0.29, 0.717) is 27.7 Å². The molecule has 0 aromatic heterocycles. The molecule has 28 heavy (non-hydrogen) atoms. The Balaban J connectivity index is 1.88. The summed E-state index contributed by atoms with van der Waals surface area (Å²) < 4.78 is 16.0. The van der Waals surface area contributed by atoms with Gasteiger partial charge in [-0.25, -0.2) is 0 Å². The molecule has 2 aromatic rings. The summed E-state index contributed by atoms with van der Waals surface area (Å²) in [6.45, 7) is 2.24. The Hall–Kier alpha value is -2.93. The lowest BCUT2D eigenvalue weighted by Crippen LogP contribution is -2.27. The fourth-order valence-electron chi connectivity index (χ4n) is 2.85. The number of ether oxygens (including phenoxy) is 3. The van der Waals surface area contributed by atoms with Gasteiger partial charge in [-0.05, 0) is 48.0 Å². The van der Waals surface area contributed by atoms with Crippen molar-refractivity contribution >= 4 is 29.0 Å². The van der Waals surface area contributed by atoms with Crippen LogP contribution in [-0.2, 0) is 11.3 Å². The number of rotatable bonds is 6. The summed E-state index contributed by atoms with van der Waals surface area (Å²) in [7, 11) is 4.57. The molecule has 0 N–H and O–H groups in total. The third-order valence-electron chi connectivity index (χ3n) is 4.32. The van der Waals surface area contributed by atoms with Crippen LogP contribution < -0.4 is 14.2 Å². The van der Waals surface area contributed by atoms with Crippen molar-refractivity contribution in [2.75, 3.05) is 21.3 Å². The van der Waals surface area contributed by atoms with Crippen molar-refractivity contribution in [3.05, 3.63) is 58.0 Å². The maximum absolute atomic E-state index is 12.8. The number of carbonyl (C=O) groups is 2. The van der Waals surface area contributed by atoms with E-state index in [1.54, 1.807) is 18.2 Å². The highest BCUT2D eigenvalue weighted by molar-refractivity contribution is 8.18. The van der Waals surface area contributed by atoms with Crippen molar-refractivity contribution < 1.29 is 23.8 Å². The van der Waals surface area contributed by atoms with Crippen LogP contribution in [0.3, 0.4) is 0 Å². The summed E-state index contributed by atoms with van der Waals surface area (Å²) in [5, 5.41) is -0.288. The summed E-state index contributed by atoms with van der Waals surface area (Å²) in [4.78, 5) is 26.7. The van der Waals surface area contributed by atoms with Gasteiger partial charge < -0.3 is 14.2 Å². The van der Waals surface area contributed by atoms with Gasteiger partial charge in [-0.1, -0.05) is 29.8 Å². The van der Waals surface area contributed by atoms with Gasteiger partial charge in [-0.2, -0.15) is 0 Å². The first-order valence-corrected chi connectivity index (χ1v) is 9.39. The summed E-state index contributed by atoms with van der Waals surface area (Å²) >= 11 is 0.922. The van der Waals surface area contributed by atoms with Crippen LogP contribution in [0.5, 0.6) is 17.2 Å². The molecule has 0 bridgehead atoms. The van der Waals surface area contributed by atoms with Crippen LogP contribution in [0.1, 0.15) is 16.7 Å². The summed E-state index contributed by atoms with van der Waals surface area (Å²) in [5.74, 6) is 1.11. The number of hydrogen-bond acceptors (Lipinski definition) is 6. The molecule has 0 unspecified atom stereocenters. The average molecular weight is 399 g/mol. The standard InChI is InChI=1S/C21H21NO5S/c1-13-5-7-14(8-6-13)12-22-20(23)18(28-21(22)24)11-15-9-16(25-2)19(27-4)17(10-15)26-3/h5-11H,12H2,1-4H3. The zero-order chi connectivity index (χ0) is 20.3. The van der Waals surface area contributed by atoms with Gasteiger partial charge in [-0.3, -0.25) is 14.5 Å². The van der Waals surface area contributed by atoms with E-state index >= 15 is 0 Å². The molecule has 1 heterocycles. The Morgan fingerprint density at radius 3 is 2.11 bits per heavy atom. The highest BCUT2D eigenvalue weighted by atomic mass is 32.2. The minimum absolute atomic E-state index is 0.248. The molecule has 3 rings (SSSR count). The molecule has 1 aliphatic rings. The molecule has 1 fully saturated rings. The Bertz CT molecular complexity index is 911. The van der Waals surface area contributed by atoms with Crippen molar-refractivity contribution in [2.24, 2.45) is 0 Å². The van der Waals surface area contributed by atoms with Crippen molar-refractivity contribution in [1.82, 2.24) is 4.90 Å². The van der Waals surface area contributed by atoms with Crippen LogP contribution in [0.2, 0.25) is 0 Å². The van der Waals surface area contributed by atoms with Crippen molar-refractivity contribution in [1.29, 1.82) is 0 Å². The number of aryl methyl sites for hydroxylation is 1. The number of amides is 2. The summed E-state index contributed by atoms with van der Waals surface area (Å²) in [6.07, 6.45) is 1.66. The Kier molecular flexibility index (Phi) is 5.94. The molecule has 2 amide bonds. The van der Waals surface area contributed by atoms with Gasteiger partial charge in [0, 0.05) is 0 Å². The van der Waals surface area contributed by atoms with Crippen LogP contribution in [0.25, 0.3) is 6.08 Å². The molecule has 1 saturated heterocycles. The van der Waals surface area contributed by atoms with Gasteiger partial charge in [0.25, 0.3) is 11.1 Å². The third kappa shape index (κ3) is 3.99. The number of benzene rings is 2. The van der Waals surface area contributed by atoms with Crippen LogP contribution in [0.4, 0.5) is 4.79 Å². The van der Waals surface area contributed by atoms with Gasteiger partial charge in [0.1, 0.15) is 0 Å².